The van der Waals surface area contributed by atoms with E-state index in [-0.39, 0.29) is 32.2 Å². The predicted molar refractivity (Wildman–Crippen MR) is 258 cm³/mol. The Kier molecular flexibility index (Phi) is 43.3. The minimum Gasteiger partial charge on any atom is -0.477 e. The van der Waals surface area contributed by atoms with Crippen LogP contribution in [0.3, 0.4) is 0 Å². The average molecular weight is 877 g/mol. The zero-order valence-corrected chi connectivity index (χ0v) is 41.0. The van der Waals surface area contributed by atoms with Crippen molar-refractivity contribution in [2.24, 2.45) is 0 Å². The fraction of sp³-hybridized carbons (Fsp3) is 0.830. The van der Waals surface area contributed by atoms with Crippen LogP contribution in [0, 0.1) is 0 Å². The van der Waals surface area contributed by atoms with E-state index in [1.165, 1.54) is 122 Å². The Balaban J connectivity index is 4.28. The summed E-state index contributed by atoms with van der Waals surface area (Å²) in [5, 5.41) is 9.66. The maximum atomic E-state index is 12.8. The zero-order valence-electron chi connectivity index (χ0n) is 41.0. The number of carbonyl (C=O) groups excluding carboxylic acids is 2. The highest BCUT2D eigenvalue weighted by molar-refractivity contribution is 5.71. The van der Waals surface area contributed by atoms with Gasteiger partial charge in [0, 0.05) is 12.8 Å². The number of hydrogen-bond donors (Lipinski definition) is 1. The number of nitrogens with zero attached hydrogens (tertiary/aromatic N) is 1. The second kappa shape index (κ2) is 45.1. The second-order valence-corrected chi connectivity index (χ2v) is 18.5. The van der Waals surface area contributed by atoms with Gasteiger partial charge in [-0.3, -0.25) is 9.59 Å². The van der Waals surface area contributed by atoms with Gasteiger partial charge in [-0.05, 0) is 44.9 Å². The Hall–Kier alpha value is -2.49. The lowest BCUT2D eigenvalue weighted by Crippen LogP contribution is -2.40. The minimum atomic E-state index is -1.51. The van der Waals surface area contributed by atoms with Crippen molar-refractivity contribution in [1.29, 1.82) is 0 Å². The van der Waals surface area contributed by atoms with Gasteiger partial charge in [0.1, 0.15) is 13.2 Å². The van der Waals surface area contributed by atoms with E-state index in [0.29, 0.717) is 23.9 Å². The van der Waals surface area contributed by atoms with Gasteiger partial charge in [-0.15, -0.1) is 0 Å². The quantitative estimate of drug-likeness (QED) is 0.0212. The van der Waals surface area contributed by atoms with Gasteiger partial charge >= 0.3 is 17.9 Å². The molecule has 2 unspecified atom stereocenters. The van der Waals surface area contributed by atoms with E-state index in [9.17, 15) is 19.5 Å². The van der Waals surface area contributed by atoms with Gasteiger partial charge in [0.25, 0.3) is 6.29 Å². The molecule has 0 heterocycles. The molecule has 0 amide bonds. The number of ether oxygens (including phenoxy) is 4. The summed E-state index contributed by atoms with van der Waals surface area (Å²) in [5.74, 6) is -2.02. The molecule has 0 fully saturated rings. The number of rotatable bonds is 47. The fourth-order valence-electron chi connectivity index (χ4n) is 7.20. The summed E-state index contributed by atoms with van der Waals surface area (Å²) in [7, 11) is 5.96. The van der Waals surface area contributed by atoms with Crippen LogP contribution < -0.4 is 0 Å². The van der Waals surface area contributed by atoms with Crippen molar-refractivity contribution in [3.63, 3.8) is 0 Å². The third-order valence-electron chi connectivity index (χ3n) is 11.2. The summed E-state index contributed by atoms with van der Waals surface area (Å²) in [6.45, 7) is 4.76. The van der Waals surface area contributed by atoms with Gasteiger partial charge in [0.15, 0.2) is 6.10 Å². The van der Waals surface area contributed by atoms with Crippen LogP contribution in [0.1, 0.15) is 226 Å². The van der Waals surface area contributed by atoms with Crippen LogP contribution >= 0.6 is 0 Å². The molecule has 0 bridgehead atoms. The smallest absolute Gasteiger partial charge is 0.361 e. The van der Waals surface area contributed by atoms with Crippen molar-refractivity contribution in [2.75, 3.05) is 47.5 Å². The van der Waals surface area contributed by atoms with E-state index in [4.69, 9.17) is 18.9 Å². The number of aliphatic carboxylic acids is 1. The highest BCUT2D eigenvalue weighted by atomic mass is 16.7. The minimum absolute atomic E-state index is 0.185. The first-order valence-electron chi connectivity index (χ1n) is 25.7. The first kappa shape index (κ1) is 59.5. The topological polar surface area (TPSA) is 108 Å². The predicted octanol–water partition coefficient (Wildman–Crippen LogP) is 14.2. The first-order chi connectivity index (χ1) is 30.1. The largest absolute Gasteiger partial charge is 0.477 e. The van der Waals surface area contributed by atoms with E-state index < -0.39 is 24.3 Å². The Morgan fingerprint density at radius 2 is 0.919 bits per heavy atom. The zero-order chi connectivity index (χ0) is 45.6. The van der Waals surface area contributed by atoms with Gasteiger partial charge < -0.3 is 28.5 Å². The van der Waals surface area contributed by atoms with Crippen molar-refractivity contribution in [3.8, 4) is 0 Å². The third-order valence-corrected chi connectivity index (χ3v) is 11.2. The van der Waals surface area contributed by atoms with E-state index in [2.05, 4.69) is 50.3 Å². The molecule has 0 saturated heterocycles. The van der Waals surface area contributed by atoms with Crippen molar-refractivity contribution < 1.29 is 42.9 Å². The van der Waals surface area contributed by atoms with Crippen LogP contribution in [0.2, 0.25) is 0 Å². The van der Waals surface area contributed by atoms with Crippen LogP contribution in [-0.4, -0.2) is 87.4 Å². The summed E-state index contributed by atoms with van der Waals surface area (Å²) < 4.78 is 22.8. The second-order valence-electron chi connectivity index (χ2n) is 18.5. The molecule has 0 aromatic heterocycles. The average Bonchev–Trinajstić information content (AvgIpc) is 3.23. The van der Waals surface area contributed by atoms with Crippen molar-refractivity contribution in [2.45, 2.75) is 238 Å². The van der Waals surface area contributed by atoms with Crippen LogP contribution in [0.5, 0.6) is 0 Å². The summed E-state index contributed by atoms with van der Waals surface area (Å²) in [6.07, 6.45) is 49.3. The molecular formula is C53H98NO8+. The maximum absolute atomic E-state index is 12.8. The number of carboxylic acid groups (broad SMARTS) is 1. The maximum Gasteiger partial charge on any atom is 0.361 e. The molecule has 0 aliphatic carbocycles. The molecule has 9 heteroatoms. The van der Waals surface area contributed by atoms with Crippen LogP contribution in [-0.2, 0) is 33.3 Å². The molecule has 62 heavy (non-hydrogen) atoms. The third kappa shape index (κ3) is 45.5. The van der Waals surface area contributed by atoms with E-state index in [0.717, 1.165) is 70.6 Å². The van der Waals surface area contributed by atoms with E-state index in [1.807, 2.05) is 21.1 Å². The number of likely N-dealkylation sites (N-methyl/N-ethyl adjacent to an activating group) is 1. The normalized spacial score (nSPS) is 13.1. The van der Waals surface area contributed by atoms with Crippen LogP contribution in [0.25, 0.3) is 0 Å². The van der Waals surface area contributed by atoms with E-state index in [1.54, 1.807) is 0 Å². The van der Waals surface area contributed by atoms with Gasteiger partial charge in [0.2, 0.25) is 0 Å². The highest BCUT2D eigenvalue weighted by Gasteiger charge is 2.25. The molecule has 2 atom stereocenters. The molecule has 0 rings (SSSR count). The highest BCUT2D eigenvalue weighted by Crippen LogP contribution is 2.16. The van der Waals surface area contributed by atoms with Crippen molar-refractivity contribution in [1.82, 2.24) is 0 Å². The molecule has 0 spiro atoms. The molecular weight excluding hydrogens is 779 g/mol. The number of carboxylic acids is 1. The number of esters is 2. The monoisotopic (exact) mass is 877 g/mol. The lowest BCUT2D eigenvalue weighted by Gasteiger charge is -2.25. The number of allylic oxidation sites excluding steroid dienone is 6. The molecule has 1 N–H and O–H groups in total. The van der Waals surface area contributed by atoms with Crippen molar-refractivity contribution >= 4 is 17.9 Å². The van der Waals surface area contributed by atoms with E-state index >= 15 is 0 Å². The molecule has 0 saturated carbocycles. The van der Waals surface area contributed by atoms with Crippen molar-refractivity contribution in [3.05, 3.63) is 36.5 Å². The number of unbranched alkanes of at least 4 members (excludes halogenated alkanes) is 26. The summed E-state index contributed by atoms with van der Waals surface area (Å²) >= 11 is 0. The molecule has 0 aromatic carbocycles. The van der Waals surface area contributed by atoms with Gasteiger partial charge in [-0.1, -0.05) is 204 Å². The molecule has 362 valence electrons. The number of quaternary nitrogens is 1. The Morgan fingerprint density at radius 1 is 0.500 bits per heavy atom. The first-order valence-corrected chi connectivity index (χ1v) is 25.7. The Labute approximate surface area is 381 Å². The van der Waals surface area contributed by atoms with Crippen LogP contribution in [0.15, 0.2) is 36.5 Å². The molecule has 0 aromatic rings. The van der Waals surface area contributed by atoms with Gasteiger partial charge in [0.05, 0.1) is 34.4 Å². The lowest BCUT2D eigenvalue weighted by atomic mass is 10.0. The van der Waals surface area contributed by atoms with Gasteiger partial charge in [-0.25, -0.2) is 4.79 Å². The SMILES string of the molecule is CC/C=C\C/C=C\C/C=C\CCCCCCCC(=O)OC(COC(=O)CCCCCCCCCCCCCCCCCCCCCCCC)COC(OCC[N+](C)(C)C)C(=O)O. The standard InChI is InChI=1S/C53H97NO8/c1-6-8-10-12-14-16-18-20-22-23-24-25-26-27-28-30-31-33-35-37-39-41-43-50(55)60-47-49(48-61-53(52(57)58)59-46-45-54(3,4)5)62-51(56)44-42-40-38-36-34-32-29-21-19-17-15-13-11-9-7-2/h9,11,15,17,21,29,49,53H,6-8,10,12-14,16,18-20,22-28,30-48H2,1-5H3/p+1/b11-9-,17-15-,29-21-. The number of carbonyl (C=O) groups is 3. The Morgan fingerprint density at radius 3 is 1.37 bits per heavy atom. The van der Waals surface area contributed by atoms with Crippen LogP contribution in [0.4, 0.5) is 0 Å². The molecule has 0 aliphatic heterocycles. The Bertz CT molecular complexity index is 1110. The summed E-state index contributed by atoms with van der Waals surface area (Å²) in [4.78, 5) is 37.2. The molecule has 0 radical (unpaired) electrons. The fourth-order valence-corrected chi connectivity index (χ4v) is 7.20. The number of hydrogen-bond acceptors (Lipinski definition) is 7. The molecule has 9 nitrogen and oxygen atoms in total. The van der Waals surface area contributed by atoms with Gasteiger partial charge in [-0.2, -0.15) is 0 Å². The summed E-state index contributed by atoms with van der Waals surface area (Å²) in [6, 6.07) is 0. The summed E-state index contributed by atoms with van der Waals surface area (Å²) in [5.41, 5.74) is 0. The molecule has 0 aliphatic rings. The lowest BCUT2D eigenvalue weighted by molar-refractivity contribution is -0.870.